The molecule has 6 heteroatoms. The topological polar surface area (TPSA) is 53.5 Å². The summed E-state index contributed by atoms with van der Waals surface area (Å²) in [6.07, 6.45) is 7.28. The number of hydrogen-bond donors (Lipinski definition) is 0. The van der Waals surface area contributed by atoms with Crippen molar-refractivity contribution in [1.29, 1.82) is 0 Å². The Morgan fingerprint density at radius 3 is 2.43 bits per heavy atom. The lowest BCUT2D eigenvalue weighted by Crippen LogP contribution is -2.35. The number of sulfone groups is 1. The summed E-state index contributed by atoms with van der Waals surface area (Å²) in [6, 6.07) is 4.10. The van der Waals surface area contributed by atoms with Gasteiger partial charge in [-0.15, -0.1) is 0 Å². The van der Waals surface area contributed by atoms with Crippen LogP contribution in [0.2, 0.25) is 0 Å². The predicted molar refractivity (Wildman–Crippen MR) is 92.5 cm³/mol. The van der Waals surface area contributed by atoms with Crippen molar-refractivity contribution in [2.45, 2.75) is 43.0 Å². The maximum atomic E-state index is 12.4. The van der Waals surface area contributed by atoms with Gasteiger partial charge in [0, 0.05) is 32.2 Å². The van der Waals surface area contributed by atoms with Crippen molar-refractivity contribution in [1.82, 2.24) is 9.88 Å². The molecule has 0 aliphatic carbocycles. The van der Waals surface area contributed by atoms with Crippen molar-refractivity contribution in [3.05, 3.63) is 30.5 Å². The van der Waals surface area contributed by atoms with Crippen LogP contribution in [0.25, 0.3) is 0 Å². The molecule has 0 bridgehead atoms. The molecule has 0 N–H and O–H groups in total. The van der Waals surface area contributed by atoms with Gasteiger partial charge in [0.05, 0.1) is 16.6 Å². The smallest absolute Gasteiger partial charge is 0.200 e. The summed E-state index contributed by atoms with van der Waals surface area (Å²) in [6.45, 7) is 9.16. The minimum Gasteiger partial charge on any atom is -0.369 e. The predicted octanol–water partition coefficient (Wildman–Crippen LogP) is 2.10. The Balaban J connectivity index is 1.71. The SMILES string of the molecule is CC(C)(C)S(=O)(=O)c1ccc(N2CC[C@@H](N3CC=CC3)C2)cn1. The van der Waals surface area contributed by atoms with Gasteiger partial charge in [0.15, 0.2) is 14.9 Å². The second kappa shape index (κ2) is 5.91. The molecule has 3 rings (SSSR count). The monoisotopic (exact) mass is 335 g/mol. The molecule has 23 heavy (non-hydrogen) atoms. The van der Waals surface area contributed by atoms with Crippen LogP contribution in [0.15, 0.2) is 35.5 Å². The van der Waals surface area contributed by atoms with Gasteiger partial charge >= 0.3 is 0 Å². The number of nitrogens with zero attached hydrogens (tertiary/aromatic N) is 3. The summed E-state index contributed by atoms with van der Waals surface area (Å²) in [5.74, 6) is 0. The molecule has 1 atom stereocenters. The first-order valence-corrected chi connectivity index (χ1v) is 9.62. The maximum absolute atomic E-state index is 12.4. The van der Waals surface area contributed by atoms with Crippen molar-refractivity contribution < 1.29 is 8.42 Å². The van der Waals surface area contributed by atoms with Gasteiger partial charge in [0.2, 0.25) is 0 Å². The number of aromatic nitrogens is 1. The third kappa shape index (κ3) is 3.15. The molecule has 1 fully saturated rings. The molecule has 0 saturated carbocycles. The van der Waals surface area contributed by atoms with Gasteiger partial charge < -0.3 is 4.90 Å². The molecule has 126 valence electrons. The summed E-state index contributed by atoms with van der Waals surface area (Å²) in [7, 11) is -3.39. The summed E-state index contributed by atoms with van der Waals surface area (Å²) in [5.41, 5.74) is 1.01. The van der Waals surface area contributed by atoms with Gasteiger partial charge in [-0.05, 0) is 39.3 Å². The van der Waals surface area contributed by atoms with E-state index in [0.29, 0.717) is 6.04 Å². The molecule has 0 unspecified atom stereocenters. The van der Waals surface area contributed by atoms with E-state index in [2.05, 4.69) is 26.9 Å². The van der Waals surface area contributed by atoms with Crippen LogP contribution in [-0.4, -0.2) is 55.3 Å². The second-order valence-electron chi connectivity index (χ2n) is 7.28. The molecule has 3 heterocycles. The highest BCUT2D eigenvalue weighted by Crippen LogP contribution is 2.27. The molecule has 1 aromatic rings. The Labute approximate surface area is 138 Å². The van der Waals surface area contributed by atoms with Crippen molar-refractivity contribution >= 4 is 15.5 Å². The summed E-state index contributed by atoms with van der Waals surface area (Å²) in [5, 5.41) is 0.160. The van der Waals surface area contributed by atoms with E-state index in [9.17, 15) is 8.42 Å². The van der Waals surface area contributed by atoms with Crippen molar-refractivity contribution in [2.24, 2.45) is 0 Å². The minimum absolute atomic E-state index is 0.160. The van der Waals surface area contributed by atoms with E-state index in [4.69, 9.17) is 0 Å². The minimum atomic E-state index is -3.39. The lowest BCUT2D eigenvalue weighted by Gasteiger charge is -2.24. The first-order chi connectivity index (χ1) is 10.8. The van der Waals surface area contributed by atoms with Gasteiger partial charge in [-0.3, -0.25) is 4.90 Å². The Morgan fingerprint density at radius 1 is 1.17 bits per heavy atom. The molecule has 0 spiro atoms. The number of hydrogen-bond acceptors (Lipinski definition) is 5. The van der Waals surface area contributed by atoms with E-state index in [1.165, 1.54) is 0 Å². The molecule has 0 radical (unpaired) electrons. The quantitative estimate of drug-likeness (QED) is 0.792. The summed E-state index contributed by atoms with van der Waals surface area (Å²) < 4.78 is 24.0. The Hall–Kier alpha value is -1.40. The third-order valence-electron chi connectivity index (χ3n) is 4.69. The van der Waals surface area contributed by atoms with Gasteiger partial charge in [-0.2, -0.15) is 0 Å². The van der Waals surface area contributed by atoms with Crippen molar-refractivity contribution in [2.75, 3.05) is 31.1 Å². The summed E-state index contributed by atoms with van der Waals surface area (Å²) >= 11 is 0. The summed E-state index contributed by atoms with van der Waals surface area (Å²) in [4.78, 5) is 9.00. The first kappa shape index (κ1) is 16.5. The van der Waals surface area contributed by atoms with E-state index in [1.54, 1.807) is 33.0 Å². The zero-order valence-corrected chi connectivity index (χ0v) is 14.9. The average molecular weight is 335 g/mol. The van der Waals surface area contributed by atoms with Gasteiger partial charge in [0.25, 0.3) is 0 Å². The molecule has 0 amide bonds. The van der Waals surface area contributed by atoms with Crippen LogP contribution in [0, 0.1) is 0 Å². The van der Waals surface area contributed by atoms with Crippen molar-refractivity contribution in [3.8, 4) is 0 Å². The normalized spacial score (nSPS) is 22.9. The Morgan fingerprint density at radius 2 is 1.87 bits per heavy atom. The fourth-order valence-corrected chi connectivity index (χ4v) is 4.17. The fraction of sp³-hybridized carbons (Fsp3) is 0.588. The molecule has 2 aliphatic heterocycles. The number of rotatable bonds is 3. The fourth-order valence-electron chi connectivity index (χ4n) is 3.10. The van der Waals surface area contributed by atoms with E-state index >= 15 is 0 Å². The van der Waals surface area contributed by atoms with Crippen LogP contribution < -0.4 is 4.90 Å². The van der Waals surface area contributed by atoms with Gasteiger partial charge in [-0.1, -0.05) is 12.2 Å². The van der Waals surface area contributed by atoms with E-state index in [-0.39, 0.29) is 5.03 Å². The van der Waals surface area contributed by atoms with Crippen molar-refractivity contribution in [3.63, 3.8) is 0 Å². The largest absolute Gasteiger partial charge is 0.369 e. The van der Waals surface area contributed by atoms with Crippen LogP contribution in [0.1, 0.15) is 27.2 Å². The standard InChI is InChI=1S/C17H25N3O2S/c1-17(2,3)23(21,22)16-7-6-14(12-18-16)20-11-8-15(13-20)19-9-4-5-10-19/h4-7,12,15H,8-11,13H2,1-3H3/t15-/m1/s1. The Bertz CT molecular complexity index is 682. The third-order valence-corrected chi connectivity index (χ3v) is 7.10. The van der Waals surface area contributed by atoms with Crippen LogP contribution in [0.5, 0.6) is 0 Å². The Kier molecular flexibility index (Phi) is 4.23. The van der Waals surface area contributed by atoms with Crippen LogP contribution in [0.3, 0.4) is 0 Å². The maximum Gasteiger partial charge on any atom is 0.200 e. The number of pyridine rings is 1. The lowest BCUT2D eigenvalue weighted by atomic mass is 10.2. The molecule has 1 saturated heterocycles. The highest BCUT2D eigenvalue weighted by molar-refractivity contribution is 7.92. The van der Waals surface area contributed by atoms with E-state index in [0.717, 1.165) is 38.3 Å². The highest BCUT2D eigenvalue weighted by atomic mass is 32.2. The van der Waals surface area contributed by atoms with Gasteiger partial charge in [-0.25, -0.2) is 13.4 Å². The zero-order valence-electron chi connectivity index (χ0n) is 14.1. The lowest BCUT2D eigenvalue weighted by molar-refractivity contribution is 0.271. The second-order valence-corrected chi connectivity index (χ2v) is 9.93. The average Bonchev–Trinajstić information content (AvgIpc) is 3.17. The molecule has 2 aliphatic rings. The van der Waals surface area contributed by atoms with Crippen LogP contribution in [-0.2, 0) is 9.84 Å². The number of anilines is 1. The van der Waals surface area contributed by atoms with Crippen LogP contribution in [0.4, 0.5) is 5.69 Å². The molecule has 0 aromatic carbocycles. The first-order valence-electron chi connectivity index (χ1n) is 8.14. The van der Waals surface area contributed by atoms with E-state index < -0.39 is 14.6 Å². The molecule has 5 nitrogen and oxygen atoms in total. The highest BCUT2D eigenvalue weighted by Gasteiger charge is 2.33. The molecular formula is C17H25N3O2S. The molecular weight excluding hydrogens is 310 g/mol. The van der Waals surface area contributed by atoms with Crippen LogP contribution >= 0.6 is 0 Å². The van der Waals surface area contributed by atoms with E-state index in [1.807, 2.05) is 6.07 Å². The van der Waals surface area contributed by atoms with Gasteiger partial charge in [0.1, 0.15) is 0 Å². The molecule has 1 aromatic heterocycles. The zero-order chi connectivity index (χ0) is 16.7.